The largest absolute Gasteiger partial charge is 0.300 e. The minimum atomic E-state index is -0.0583. The number of hydrogen-bond donors (Lipinski definition) is 1. The van der Waals surface area contributed by atoms with Crippen molar-refractivity contribution < 1.29 is 14.4 Å². The fourth-order valence-electron chi connectivity index (χ4n) is 3.23. The molecule has 1 N–H and O–H groups in total. The average Bonchev–Trinajstić information content (AvgIpc) is 3.31. The zero-order chi connectivity index (χ0) is 20.9. The van der Waals surface area contributed by atoms with Crippen molar-refractivity contribution in [2.24, 2.45) is 5.92 Å². The number of rotatable bonds is 8. The number of unbranched alkanes of at least 4 members (excludes halogenated alkanes) is 1. The molecule has 1 atom stereocenters. The molecular formula is C24H31NO3S. The van der Waals surface area contributed by atoms with E-state index < -0.39 is 0 Å². The third-order valence-corrected chi connectivity index (χ3v) is 5.85. The number of thiophene rings is 1. The highest BCUT2D eigenvalue weighted by atomic mass is 32.1. The molecule has 0 radical (unpaired) electrons. The Kier molecular flexibility index (Phi) is 10.4. The van der Waals surface area contributed by atoms with E-state index in [1.165, 1.54) is 22.1 Å². The van der Waals surface area contributed by atoms with E-state index in [9.17, 15) is 9.59 Å². The second kappa shape index (κ2) is 13.1. The van der Waals surface area contributed by atoms with E-state index in [2.05, 4.69) is 52.8 Å². The summed E-state index contributed by atoms with van der Waals surface area (Å²) in [5, 5.41) is 1.34. The molecule has 1 heterocycles. The second-order valence-corrected chi connectivity index (χ2v) is 8.28. The minimum Gasteiger partial charge on any atom is -0.300 e. The van der Waals surface area contributed by atoms with E-state index in [-0.39, 0.29) is 5.91 Å². The van der Waals surface area contributed by atoms with Crippen molar-refractivity contribution in [2.45, 2.75) is 51.9 Å². The van der Waals surface area contributed by atoms with Crippen LogP contribution in [-0.4, -0.2) is 18.8 Å². The van der Waals surface area contributed by atoms with Crippen molar-refractivity contribution in [1.82, 2.24) is 5.48 Å². The summed E-state index contributed by atoms with van der Waals surface area (Å²) in [5.41, 5.74) is 2.26. The van der Waals surface area contributed by atoms with Crippen molar-refractivity contribution in [3.8, 4) is 0 Å². The predicted molar refractivity (Wildman–Crippen MR) is 121 cm³/mol. The normalized spacial score (nSPS) is 16.5. The maximum Gasteiger partial charge on any atom is 0.243 e. The standard InChI is InChI=1S/C16H16OS.C8H15NO2/c17-14-9-8-12(10-14)4-3-6-15-11-13-5-1-2-7-16(13)18-15;1-3-4-5-6-7-8(10)9-11-2/h1-5,7,11-12H,6,8-10H2;3-4H,5-7H2,1-2H3,(H,9,10)/b4-3+;4-3-. The highest BCUT2D eigenvalue weighted by Crippen LogP contribution is 2.27. The summed E-state index contributed by atoms with van der Waals surface area (Å²) in [7, 11) is 1.43. The SMILES string of the molecule is C/C=C\CCCC(=O)NOC.O=C1CCC(/C=C/Cc2cc3ccccc3s2)C1. The summed E-state index contributed by atoms with van der Waals surface area (Å²) in [5.74, 6) is 0.857. The van der Waals surface area contributed by atoms with Gasteiger partial charge in [-0.15, -0.1) is 11.3 Å². The van der Waals surface area contributed by atoms with Crippen LogP contribution < -0.4 is 5.48 Å². The first-order chi connectivity index (χ1) is 14.1. The molecule has 3 rings (SSSR count). The van der Waals surface area contributed by atoms with Gasteiger partial charge >= 0.3 is 0 Å². The molecule has 1 unspecified atom stereocenters. The molecule has 0 saturated heterocycles. The molecule has 0 spiro atoms. The number of carbonyl (C=O) groups is 2. The Morgan fingerprint density at radius 2 is 2.14 bits per heavy atom. The zero-order valence-corrected chi connectivity index (χ0v) is 18.2. The van der Waals surface area contributed by atoms with Crippen LogP contribution in [0.25, 0.3) is 10.1 Å². The average molecular weight is 414 g/mol. The molecule has 1 fully saturated rings. The molecular weight excluding hydrogens is 382 g/mol. The van der Waals surface area contributed by atoms with E-state index in [0.717, 1.165) is 38.5 Å². The molecule has 156 valence electrons. The lowest BCUT2D eigenvalue weighted by molar-refractivity contribution is -0.131. The number of Topliss-reactive ketones (excluding diaryl/α,β-unsaturated/α-hetero) is 1. The van der Waals surface area contributed by atoms with E-state index in [1.54, 1.807) is 0 Å². The highest BCUT2D eigenvalue weighted by molar-refractivity contribution is 7.19. The maximum atomic E-state index is 11.2. The summed E-state index contributed by atoms with van der Waals surface area (Å²) in [4.78, 5) is 27.8. The minimum absolute atomic E-state index is 0.0583. The number of hydroxylamine groups is 1. The summed E-state index contributed by atoms with van der Waals surface area (Å²) >= 11 is 1.86. The van der Waals surface area contributed by atoms with Crippen LogP contribution in [0.5, 0.6) is 0 Å². The smallest absolute Gasteiger partial charge is 0.243 e. The number of benzene rings is 1. The molecule has 1 aromatic carbocycles. The lowest BCUT2D eigenvalue weighted by atomic mass is 10.1. The van der Waals surface area contributed by atoms with Gasteiger partial charge in [-0.3, -0.25) is 14.4 Å². The van der Waals surface area contributed by atoms with E-state index in [0.29, 0.717) is 18.1 Å². The van der Waals surface area contributed by atoms with Gasteiger partial charge in [0.25, 0.3) is 0 Å². The van der Waals surface area contributed by atoms with Gasteiger partial charge in [0.2, 0.25) is 5.91 Å². The molecule has 2 aromatic rings. The first-order valence-corrected chi connectivity index (χ1v) is 11.0. The van der Waals surface area contributed by atoms with Crippen molar-refractivity contribution in [3.05, 3.63) is 59.5 Å². The highest BCUT2D eigenvalue weighted by Gasteiger charge is 2.19. The van der Waals surface area contributed by atoms with Gasteiger partial charge in [0.15, 0.2) is 0 Å². The van der Waals surface area contributed by atoms with Gasteiger partial charge in [0.1, 0.15) is 5.78 Å². The molecule has 0 bridgehead atoms. The monoisotopic (exact) mass is 413 g/mol. The molecule has 1 saturated carbocycles. The van der Waals surface area contributed by atoms with Gasteiger partial charge in [-0.2, -0.15) is 0 Å². The molecule has 29 heavy (non-hydrogen) atoms. The molecule has 1 aliphatic carbocycles. The van der Waals surface area contributed by atoms with Crippen LogP contribution in [0.15, 0.2) is 54.6 Å². The Bertz CT molecular complexity index is 805. The number of nitrogens with one attached hydrogen (secondary N) is 1. The third-order valence-electron chi connectivity index (χ3n) is 4.71. The number of ketones is 1. The fraction of sp³-hybridized carbons (Fsp3) is 0.417. The lowest BCUT2D eigenvalue weighted by Crippen LogP contribution is -2.21. The van der Waals surface area contributed by atoms with Crippen molar-refractivity contribution in [3.63, 3.8) is 0 Å². The van der Waals surface area contributed by atoms with Crippen molar-refractivity contribution in [2.75, 3.05) is 7.11 Å². The van der Waals surface area contributed by atoms with Crippen LogP contribution in [0.2, 0.25) is 0 Å². The summed E-state index contributed by atoms with van der Waals surface area (Å²) in [6, 6.07) is 10.8. The maximum absolute atomic E-state index is 11.2. The van der Waals surface area contributed by atoms with Gasteiger partial charge in [0.05, 0.1) is 7.11 Å². The lowest BCUT2D eigenvalue weighted by Gasteiger charge is -1.98. The Morgan fingerprint density at radius 1 is 1.31 bits per heavy atom. The molecule has 1 amide bonds. The number of hydrogen-bond acceptors (Lipinski definition) is 4. The molecule has 0 aliphatic heterocycles. The third kappa shape index (κ3) is 8.75. The second-order valence-electron chi connectivity index (χ2n) is 7.11. The van der Waals surface area contributed by atoms with Crippen molar-refractivity contribution in [1.29, 1.82) is 0 Å². The van der Waals surface area contributed by atoms with Gasteiger partial charge in [-0.25, -0.2) is 5.48 Å². The number of amides is 1. The van der Waals surface area contributed by atoms with Crippen LogP contribution in [0.4, 0.5) is 0 Å². The van der Waals surface area contributed by atoms with Crippen LogP contribution in [0.1, 0.15) is 50.3 Å². The number of carbonyl (C=O) groups excluding carboxylic acids is 2. The van der Waals surface area contributed by atoms with E-state index >= 15 is 0 Å². The fourth-order valence-corrected chi connectivity index (χ4v) is 4.27. The molecule has 4 nitrogen and oxygen atoms in total. The van der Waals surface area contributed by atoms with Crippen LogP contribution in [0, 0.1) is 5.92 Å². The van der Waals surface area contributed by atoms with E-state index in [1.807, 2.05) is 30.4 Å². The Labute approximate surface area is 177 Å². The van der Waals surface area contributed by atoms with Crippen LogP contribution in [0.3, 0.4) is 0 Å². The first kappa shape index (κ1) is 23.0. The van der Waals surface area contributed by atoms with Gasteiger partial charge in [-0.1, -0.05) is 42.5 Å². The van der Waals surface area contributed by atoms with Crippen LogP contribution in [-0.2, 0) is 20.8 Å². The summed E-state index contributed by atoms with van der Waals surface area (Å²) in [6.45, 7) is 1.97. The van der Waals surface area contributed by atoms with Crippen LogP contribution >= 0.6 is 11.3 Å². The van der Waals surface area contributed by atoms with Gasteiger partial charge in [-0.05, 0) is 56.0 Å². The van der Waals surface area contributed by atoms with Gasteiger partial charge in [0, 0.05) is 28.8 Å². The van der Waals surface area contributed by atoms with Crippen molar-refractivity contribution >= 4 is 33.1 Å². The summed E-state index contributed by atoms with van der Waals surface area (Å²) < 4.78 is 1.36. The zero-order valence-electron chi connectivity index (χ0n) is 17.4. The number of allylic oxidation sites excluding steroid dienone is 4. The molecule has 5 heteroatoms. The first-order valence-electron chi connectivity index (χ1n) is 10.2. The molecule has 1 aromatic heterocycles. The molecule has 1 aliphatic rings. The Balaban J connectivity index is 0.000000237. The van der Waals surface area contributed by atoms with Gasteiger partial charge < -0.3 is 0 Å². The summed E-state index contributed by atoms with van der Waals surface area (Å²) in [6.07, 6.45) is 14.4. The van der Waals surface area contributed by atoms with E-state index in [4.69, 9.17) is 0 Å². The number of fused-ring (bicyclic) bond motifs is 1. The Morgan fingerprint density at radius 3 is 2.83 bits per heavy atom. The predicted octanol–water partition coefficient (Wildman–Crippen LogP) is 5.78. The Hall–Kier alpha value is -2.24. The topological polar surface area (TPSA) is 55.4 Å². The quantitative estimate of drug-likeness (QED) is 0.339.